The molecule has 0 radical (unpaired) electrons. The van der Waals surface area contributed by atoms with Crippen molar-refractivity contribution in [3.8, 4) is 0 Å². The number of phosphoric acid groups is 1. The fraction of sp³-hybridized carbons (Fsp3) is 0.667. The Bertz CT molecular complexity index is 354. The Kier molecular flexibility index (Phi) is 3.20. The Morgan fingerprint density at radius 2 is 1.47 bits per heavy atom. The van der Waals surface area contributed by atoms with Gasteiger partial charge in [-0.3, -0.25) is 4.89 Å². The van der Waals surface area contributed by atoms with Gasteiger partial charge in [-0.1, -0.05) is 0 Å². The first-order valence-corrected chi connectivity index (χ1v) is 6.08. The Labute approximate surface area is 95.1 Å². The fourth-order valence-electron chi connectivity index (χ4n) is 1.17. The molecule has 0 unspecified atom stereocenters. The van der Waals surface area contributed by atoms with Gasteiger partial charge >= 0.3 is 20.0 Å². The molecule has 2 fully saturated rings. The van der Waals surface area contributed by atoms with Gasteiger partial charge in [-0.25, -0.2) is 14.2 Å². The zero-order valence-corrected chi connectivity index (χ0v) is 9.37. The maximum absolute atomic E-state index is 11.4. The Balaban J connectivity index is 1.92. The number of ether oxygens (including phenoxy) is 2. The maximum atomic E-state index is 11.4. The third-order valence-electron chi connectivity index (χ3n) is 1.85. The van der Waals surface area contributed by atoms with Crippen molar-refractivity contribution in [2.45, 2.75) is 0 Å². The molecule has 0 aliphatic carbocycles. The van der Waals surface area contributed by atoms with Gasteiger partial charge in [0.25, 0.3) is 0 Å². The Morgan fingerprint density at radius 3 is 1.76 bits per heavy atom. The molecule has 2 aliphatic heterocycles. The molecule has 0 aromatic heterocycles. The van der Waals surface area contributed by atoms with Crippen LogP contribution in [0.5, 0.6) is 0 Å². The first kappa shape index (κ1) is 12.1. The van der Waals surface area contributed by atoms with Gasteiger partial charge in [0.05, 0.1) is 13.1 Å². The minimum Gasteiger partial charge on any atom is -0.446 e. The zero-order valence-electron chi connectivity index (χ0n) is 8.48. The molecule has 11 heteroatoms. The lowest BCUT2D eigenvalue weighted by Gasteiger charge is -2.19. The van der Waals surface area contributed by atoms with Gasteiger partial charge in [0.1, 0.15) is 13.2 Å². The summed E-state index contributed by atoms with van der Waals surface area (Å²) in [5.41, 5.74) is 0. The predicted octanol–water partition coefficient (Wildman–Crippen LogP) is -0.146. The highest BCUT2D eigenvalue weighted by atomic mass is 31.2. The number of carbonyl (C=O) groups is 2. The number of nitrogens with zero attached hydrogens (tertiary/aromatic N) is 2. The van der Waals surface area contributed by atoms with Gasteiger partial charge in [-0.15, -0.1) is 0 Å². The molecule has 2 amide bonds. The van der Waals surface area contributed by atoms with Gasteiger partial charge in [0.15, 0.2) is 0 Å². The van der Waals surface area contributed by atoms with E-state index in [9.17, 15) is 19.0 Å². The summed E-state index contributed by atoms with van der Waals surface area (Å²) in [6.45, 7) is 0.0869. The molecule has 96 valence electrons. The summed E-state index contributed by atoms with van der Waals surface area (Å²) in [5, 5.41) is 1.09. The van der Waals surface area contributed by atoms with E-state index in [1.54, 1.807) is 0 Å². The van der Waals surface area contributed by atoms with Crippen LogP contribution < -0.4 is 0 Å². The molecule has 10 nitrogen and oxygen atoms in total. The quantitative estimate of drug-likeness (QED) is 0.700. The summed E-state index contributed by atoms with van der Waals surface area (Å²) in [6, 6.07) is 0. The van der Waals surface area contributed by atoms with Gasteiger partial charge < -0.3 is 9.47 Å². The number of cyclic esters (lactones) is 2. The van der Waals surface area contributed by atoms with Crippen LogP contribution in [0.3, 0.4) is 0 Å². The third-order valence-corrected chi connectivity index (χ3v) is 2.66. The van der Waals surface area contributed by atoms with E-state index in [2.05, 4.69) is 18.7 Å². The van der Waals surface area contributed by atoms with Crippen molar-refractivity contribution in [3.05, 3.63) is 0 Å². The molecule has 0 spiro atoms. The second kappa shape index (κ2) is 4.49. The van der Waals surface area contributed by atoms with E-state index < -0.39 is 20.0 Å². The fourth-order valence-corrected chi connectivity index (χ4v) is 2.00. The van der Waals surface area contributed by atoms with Gasteiger partial charge in [0.2, 0.25) is 0 Å². The Morgan fingerprint density at radius 1 is 1.06 bits per heavy atom. The second-order valence-electron chi connectivity index (χ2n) is 3.06. The highest BCUT2D eigenvalue weighted by Crippen LogP contribution is 2.46. The summed E-state index contributed by atoms with van der Waals surface area (Å²) in [6.07, 6.45) is -1.79. The topological polar surface area (TPSA) is 115 Å². The molecule has 0 bridgehead atoms. The van der Waals surface area contributed by atoms with Gasteiger partial charge in [-0.05, 0) is 0 Å². The molecule has 2 saturated heterocycles. The van der Waals surface area contributed by atoms with Crippen LogP contribution in [-0.4, -0.2) is 53.5 Å². The van der Waals surface area contributed by atoms with Crippen LogP contribution in [0.25, 0.3) is 0 Å². The average Bonchev–Trinajstić information content (AvgIpc) is 2.78. The molecule has 0 aromatic carbocycles. The van der Waals surface area contributed by atoms with Crippen molar-refractivity contribution in [3.63, 3.8) is 0 Å². The van der Waals surface area contributed by atoms with E-state index in [0.717, 1.165) is 0 Å². The van der Waals surface area contributed by atoms with Crippen LogP contribution in [0.2, 0.25) is 0 Å². The van der Waals surface area contributed by atoms with Crippen LogP contribution in [0.1, 0.15) is 0 Å². The largest absolute Gasteiger partial charge is 0.515 e. The lowest BCUT2D eigenvalue weighted by atomic mass is 10.7. The lowest BCUT2D eigenvalue weighted by Crippen LogP contribution is -2.28. The first-order valence-electron chi connectivity index (χ1n) is 4.59. The van der Waals surface area contributed by atoms with Crippen molar-refractivity contribution in [2.75, 3.05) is 26.3 Å². The van der Waals surface area contributed by atoms with E-state index >= 15 is 0 Å². The van der Waals surface area contributed by atoms with E-state index in [1.807, 2.05) is 0 Å². The number of carbonyl (C=O) groups excluding carboxylic acids is 2. The highest BCUT2D eigenvalue weighted by molar-refractivity contribution is 7.47. The standard InChI is InChI=1S/C6H9N2O8P/c9-5-7(1-3-13-5)15-17(11,12)16-8-2-4-14-6(8)10/h1-4H2,(H,11,12). The number of hydroxylamine groups is 4. The second-order valence-corrected chi connectivity index (χ2v) is 4.33. The van der Waals surface area contributed by atoms with Crippen LogP contribution in [-0.2, 0) is 23.3 Å². The van der Waals surface area contributed by atoms with Crippen molar-refractivity contribution in [1.29, 1.82) is 0 Å². The summed E-state index contributed by atoms with van der Waals surface area (Å²) < 4.78 is 29.2. The molecular formula is C6H9N2O8P. The van der Waals surface area contributed by atoms with E-state index in [4.69, 9.17) is 0 Å². The third kappa shape index (κ3) is 2.86. The summed E-state index contributed by atoms with van der Waals surface area (Å²) in [4.78, 5) is 31.2. The van der Waals surface area contributed by atoms with Crippen LogP contribution in [0, 0.1) is 0 Å². The minimum atomic E-state index is -4.62. The molecule has 1 N–H and O–H groups in total. The van der Waals surface area contributed by atoms with E-state index in [-0.39, 0.29) is 26.3 Å². The predicted molar refractivity (Wildman–Crippen MR) is 48.1 cm³/mol. The van der Waals surface area contributed by atoms with Gasteiger partial charge in [-0.2, -0.15) is 19.4 Å². The monoisotopic (exact) mass is 268 g/mol. The van der Waals surface area contributed by atoms with E-state index in [1.165, 1.54) is 0 Å². The molecule has 2 aliphatic rings. The van der Waals surface area contributed by atoms with E-state index in [0.29, 0.717) is 10.1 Å². The molecule has 0 aromatic rings. The summed E-state index contributed by atoms with van der Waals surface area (Å²) in [5.74, 6) is 0. The number of amides is 2. The molecule has 17 heavy (non-hydrogen) atoms. The molecule has 0 saturated carbocycles. The molecular weight excluding hydrogens is 259 g/mol. The van der Waals surface area contributed by atoms with Crippen molar-refractivity contribution in [2.24, 2.45) is 0 Å². The highest BCUT2D eigenvalue weighted by Gasteiger charge is 2.38. The SMILES string of the molecule is O=C1OCCN1OP(=O)(O)ON1CCOC1=O. The smallest absolute Gasteiger partial charge is 0.446 e. The van der Waals surface area contributed by atoms with Crippen LogP contribution in [0.4, 0.5) is 9.59 Å². The molecule has 2 heterocycles. The Hall–Kier alpha value is -1.35. The normalized spacial score (nSPS) is 20.8. The van der Waals surface area contributed by atoms with Gasteiger partial charge in [0, 0.05) is 0 Å². The number of rotatable bonds is 4. The lowest BCUT2D eigenvalue weighted by molar-refractivity contribution is -0.0883. The average molecular weight is 268 g/mol. The number of hydrogen-bond acceptors (Lipinski definition) is 7. The summed E-state index contributed by atoms with van der Waals surface area (Å²) >= 11 is 0. The van der Waals surface area contributed by atoms with Crippen molar-refractivity contribution in [1.82, 2.24) is 10.1 Å². The maximum Gasteiger partial charge on any atom is 0.515 e. The number of hydrogen-bond donors (Lipinski definition) is 1. The molecule has 0 atom stereocenters. The van der Waals surface area contributed by atoms with Crippen LogP contribution >= 0.6 is 7.82 Å². The zero-order chi connectivity index (χ0) is 12.5. The summed E-state index contributed by atoms with van der Waals surface area (Å²) in [7, 11) is -4.62. The molecule has 2 rings (SSSR count). The first-order chi connectivity index (χ1) is 7.98. The van der Waals surface area contributed by atoms with Crippen molar-refractivity contribution >= 4 is 20.0 Å². The minimum absolute atomic E-state index is 0.00279. The van der Waals surface area contributed by atoms with Crippen molar-refractivity contribution < 1.29 is 37.8 Å². The van der Waals surface area contributed by atoms with Crippen LogP contribution in [0.15, 0.2) is 0 Å².